The fraction of sp³-hybridized carbons (Fsp3) is 0.250. The molecule has 0 saturated carbocycles. The number of nitrogen functional groups attached to an aromatic ring is 1. The fourth-order valence-corrected chi connectivity index (χ4v) is 1.96. The van der Waals surface area contributed by atoms with Crippen LogP contribution in [0.2, 0.25) is 5.02 Å². The van der Waals surface area contributed by atoms with E-state index < -0.39 is 0 Å². The Morgan fingerprint density at radius 1 is 1.27 bits per heavy atom. The van der Waals surface area contributed by atoms with Crippen molar-refractivity contribution in [3.05, 3.63) is 35.0 Å². The lowest BCUT2D eigenvalue weighted by Gasteiger charge is -2.10. The number of nitrogens with two attached hydrogens (primary N) is 1. The minimum atomic E-state index is 0.342. The number of pyridine rings is 1. The molecular formula is C12H13ClN2. The average molecular weight is 221 g/mol. The zero-order valence-electron chi connectivity index (χ0n) is 8.79. The summed E-state index contributed by atoms with van der Waals surface area (Å²) in [6, 6.07) is 7.66. The number of aromatic nitrogens is 1. The highest BCUT2D eigenvalue weighted by Crippen LogP contribution is 2.29. The summed E-state index contributed by atoms with van der Waals surface area (Å²) in [6.07, 6.45) is 0. The number of anilines is 1. The molecule has 0 aliphatic carbocycles. The highest BCUT2D eigenvalue weighted by molar-refractivity contribution is 6.35. The van der Waals surface area contributed by atoms with Gasteiger partial charge in [-0.05, 0) is 18.1 Å². The first-order valence-electron chi connectivity index (χ1n) is 4.94. The molecule has 2 nitrogen and oxygen atoms in total. The molecule has 0 bridgehead atoms. The third-order valence-electron chi connectivity index (χ3n) is 2.42. The van der Waals surface area contributed by atoms with Crippen LogP contribution >= 0.6 is 11.6 Å². The Bertz CT molecular complexity index is 506. The first kappa shape index (κ1) is 10.2. The van der Waals surface area contributed by atoms with Crippen LogP contribution in [0.15, 0.2) is 24.3 Å². The molecule has 15 heavy (non-hydrogen) atoms. The Morgan fingerprint density at radius 2 is 2.00 bits per heavy atom. The van der Waals surface area contributed by atoms with Crippen molar-refractivity contribution < 1.29 is 0 Å². The molecule has 0 spiro atoms. The summed E-state index contributed by atoms with van der Waals surface area (Å²) < 4.78 is 0. The largest absolute Gasteiger partial charge is 0.384 e. The first-order chi connectivity index (χ1) is 7.09. The van der Waals surface area contributed by atoms with Crippen LogP contribution in [0.5, 0.6) is 0 Å². The van der Waals surface area contributed by atoms with Crippen molar-refractivity contribution in [1.82, 2.24) is 4.98 Å². The van der Waals surface area contributed by atoms with Gasteiger partial charge in [-0.15, -0.1) is 0 Å². The summed E-state index contributed by atoms with van der Waals surface area (Å²) in [5, 5.41) is 2.80. The van der Waals surface area contributed by atoms with Crippen LogP contribution < -0.4 is 5.73 Å². The van der Waals surface area contributed by atoms with E-state index in [4.69, 9.17) is 17.3 Å². The second-order valence-corrected chi connectivity index (χ2v) is 4.33. The molecule has 1 aromatic heterocycles. The second-order valence-electron chi connectivity index (χ2n) is 3.92. The van der Waals surface area contributed by atoms with Gasteiger partial charge in [0.2, 0.25) is 0 Å². The van der Waals surface area contributed by atoms with Crippen molar-refractivity contribution in [2.45, 2.75) is 19.8 Å². The summed E-state index contributed by atoms with van der Waals surface area (Å²) >= 11 is 6.12. The van der Waals surface area contributed by atoms with Crippen LogP contribution in [0, 0.1) is 0 Å². The van der Waals surface area contributed by atoms with Gasteiger partial charge in [0.1, 0.15) is 5.82 Å². The molecule has 0 atom stereocenters. The molecule has 2 N–H and O–H groups in total. The second kappa shape index (κ2) is 3.70. The van der Waals surface area contributed by atoms with E-state index in [2.05, 4.69) is 18.8 Å². The molecule has 2 aromatic rings. The van der Waals surface area contributed by atoms with E-state index in [1.54, 1.807) is 0 Å². The Labute approximate surface area is 94.1 Å². The SMILES string of the molecule is CC(C)c1nc(N)cc2c(Cl)cccc12. The summed E-state index contributed by atoms with van der Waals surface area (Å²) in [5.74, 6) is 0.869. The fourth-order valence-electron chi connectivity index (χ4n) is 1.73. The highest BCUT2D eigenvalue weighted by atomic mass is 35.5. The topological polar surface area (TPSA) is 38.9 Å². The van der Waals surface area contributed by atoms with Gasteiger partial charge in [-0.3, -0.25) is 0 Å². The normalized spacial score (nSPS) is 11.2. The van der Waals surface area contributed by atoms with E-state index in [0.29, 0.717) is 11.7 Å². The molecule has 0 fully saturated rings. The highest BCUT2D eigenvalue weighted by Gasteiger charge is 2.09. The molecule has 0 saturated heterocycles. The number of rotatable bonds is 1. The van der Waals surface area contributed by atoms with Crippen molar-refractivity contribution in [2.24, 2.45) is 0 Å². The predicted molar refractivity (Wildman–Crippen MR) is 65.3 cm³/mol. The van der Waals surface area contributed by atoms with Gasteiger partial charge in [0.15, 0.2) is 0 Å². The van der Waals surface area contributed by atoms with Crippen LogP contribution in [0.25, 0.3) is 10.8 Å². The minimum Gasteiger partial charge on any atom is -0.384 e. The molecule has 0 aliphatic rings. The minimum absolute atomic E-state index is 0.342. The van der Waals surface area contributed by atoms with Gasteiger partial charge in [-0.2, -0.15) is 0 Å². The van der Waals surface area contributed by atoms with E-state index in [0.717, 1.165) is 21.5 Å². The Balaban J connectivity index is 2.86. The predicted octanol–water partition coefficient (Wildman–Crippen LogP) is 3.59. The molecule has 0 aliphatic heterocycles. The maximum Gasteiger partial charge on any atom is 0.124 e. The summed E-state index contributed by atoms with van der Waals surface area (Å²) in [7, 11) is 0. The first-order valence-corrected chi connectivity index (χ1v) is 5.32. The lowest BCUT2D eigenvalue weighted by Crippen LogP contribution is -1.99. The molecule has 1 heterocycles. The van der Waals surface area contributed by atoms with Gasteiger partial charge >= 0.3 is 0 Å². The van der Waals surface area contributed by atoms with Gasteiger partial charge < -0.3 is 5.73 Å². The molecular weight excluding hydrogens is 208 g/mol. The van der Waals surface area contributed by atoms with Crippen LogP contribution in [0.1, 0.15) is 25.5 Å². The van der Waals surface area contributed by atoms with Crippen molar-refractivity contribution >= 4 is 28.2 Å². The number of nitrogens with zero attached hydrogens (tertiary/aromatic N) is 1. The lowest BCUT2D eigenvalue weighted by molar-refractivity contribution is 0.837. The van der Waals surface area contributed by atoms with Gasteiger partial charge in [0, 0.05) is 15.8 Å². The molecule has 0 amide bonds. The summed E-state index contributed by atoms with van der Waals surface area (Å²) in [6.45, 7) is 4.20. The monoisotopic (exact) mass is 220 g/mol. The maximum atomic E-state index is 6.12. The van der Waals surface area contributed by atoms with Crippen molar-refractivity contribution in [3.8, 4) is 0 Å². The third-order valence-corrected chi connectivity index (χ3v) is 2.75. The molecule has 1 aromatic carbocycles. The Kier molecular flexibility index (Phi) is 2.53. The van der Waals surface area contributed by atoms with Crippen molar-refractivity contribution in [1.29, 1.82) is 0 Å². The summed E-state index contributed by atoms with van der Waals surface area (Å²) in [4.78, 5) is 4.36. The van der Waals surface area contributed by atoms with Gasteiger partial charge in [-0.1, -0.05) is 37.6 Å². The van der Waals surface area contributed by atoms with Crippen molar-refractivity contribution in [3.63, 3.8) is 0 Å². The maximum absolute atomic E-state index is 6.12. The smallest absolute Gasteiger partial charge is 0.124 e. The Hall–Kier alpha value is -1.28. The number of hydrogen-bond acceptors (Lipinski definition) is 2. The number of hydrogen-bond donors (Lipinski definition) is 1. The zero-order chi connectivity index (χ0) is 11.0. The number of halogens is 1. The number of fused-ring (bicyclic) bond motifs is 1. The van der Waals surface area contributed by atoms with E-state index in [1.807, 2.05) is 24.3 Å². The third kappa shape index (κ3) is 1.77. The number of benzene rings is 1. The van der Waals surface area contributed by atoms with Gasteiger partial charge in [0.25, 0.3) is 0 Å². The standard InChI is InChI=1S/C12H13ClN2/c1-7(2)12-8-4-3-5-10(13)9(8)6-11(14)15-12/h3-7H,1-2H3,(H2,14,15). The molecule has 2 rings (SSSR count). The van der Waals surface area contributed by atoms with Crippen LogP contribution in [0.4, 0.5) is 5.82 Å². The molecule has 0 radical (unpaired) electrons. The van der Waals surface area contributed by atoms with E-state index in [9.17, 15) is 0 Å². The Morgan fingerprint density at radius 3 is 2.67 bits per heavy atom. The van der Waals surface area contributed by atoms with E-state index in [1.165, 1.54) is 0 Å². The quantitative estimate of drug-likeness (QED) is 0.798. The van der Waals surface area contributed by atoms with Gasteiger partial charge in [-0.25, -0.2) is 4.98 Å². The van der Waals surface area contributed by atoms with Crippen LogP contribution in [0.3, 0.4) is 0 Å². The lowest BCUT2D eigenvalue weighted by atomic mass is 10.0. The van der Waals surface area contributed by atoms with Gasteiger partial charge in [0.05, 0.1) is 5.69 Å². The molecule has 0 unspecified atom stereocenters. The average Bonchev–Trinajstić information content (AvgIpc) is 2.18. The summed E-state index contributed by atoms with van der Waals surface area (Å²) in [5.41, 5.74) is 6.77. The van der Waals surface area contributed by atoms with E-state index >= 15 is 0 Å². The van der Waals surface area contributed by atoms with Crippen LogP contribution in [-0.4, -0.2) is 4.98 Å². The van der Waals surface area contributed by atoms with Crippen LogP contribution in [-0.2, 0) is 0 Å². The van der Waals surface area contributed by atoms with E-state index in [-0.39, 0.29) is 0 Å². The van der Waals surface area contributed by atoms with Crippen molar-refractivity contribution in [2.75, 3.05) is 5.73 Å². The molecule has 78 valence electrons. The molecule has 3 heteroatoms. The zero-order valence-corrected chi connectivity index (χ0v) is 9.55.